The van der Waals surface area contributed by atoms with Gasteiger partial charge in [0.05, 0.1) is 0 Å². The van der Waals surface area contributed by atoms with Gasteiger partial charge in [0.25, 0.3) is 0 Å². The lowest BCUT2D eigenvalue weighted by Gasteiger charge is -2.15. The van der Waals surface area contributed by atoms with Gasteiger partial charge in [0.15, 0.2) is 0 Å². The van der Waals surface area contributed by atoms with Gasteiger partial charge in [-0.1, -0.05) is 28.1 Å². The van der Waals surface area contributed by atoms with E-state index in [1.807, 2.05) is 26.0 Å². The molecule has 1 aromatic carbocycles. The van der Waals surface area contributed by atoms with Crippen LogP contribution in [-0.2, 0) is 11.2 Å². The molecule has 0 heterocycles. The van der Waals surface area contributed by atoms with Gasteiger partial charge in [-0.25, -0.2) is 0 Å². The number of benzene rings is 1. The van der Waals surface area contributed by atoms with Crippen LogP contribution in [0.1, 0.15) is 25.8 Å². The fourth-order valence-electron chi connectivity index (χ4n) is 1.65. The molecular formula is C13H20BrClN2O. The smallest absolute Gasteiger partial charge is 0.221 e. The minimum Gasteiger partial charge on any atom is -0.353 e. The number of nitrogens with one attached hydrogen (secondary N) is 1. The highest BCUT2D eigenvalue weighted by Crippen LogP contribution is 2.11. The molecule has 0 aromatic heterocycles. The van der Waals surface area contributed by atoms with Crippen LogP contribution in [0.15, 0.2) is 28.7 Å². The van der Waals surface area contributed by atoms with Gasteiger partial charge in [-0.15, -0.1) is 12.4 Å². The van der Waals surface area contributed by atoms with Crippen molar-refractivity contribution in [2.75, 3.05) is 0 Å². The molecule has 1 rings (SSSR count). The molecule has 1 amide bonds. The van der Waals surface area contributed by atoms with E-state index in [-0.39, 0.29) is 30.4 Å². The SMILES string of the molecule is CC(N)CC(=O)NC(C)Cc1ccc(Br)cc1.Cl. The molecule has 0 saturated heterocycles. The van der Waals surface area contributed by atoms with Crippen LogP contribution in [0.4, 0.5) is 0 Å². The topological polar surface area (TPSA) is 55.1 Å². The Bertz CT molecular complexity index is 368. The number of rotatable bonds is 5. The van der Waals surface area contributed by atoms with Gasteiger partial charge in [0, 0.05) is 23.0 Å². The van der Waals surface area contributed by atoms with Crippen LogP contribution >= 0.6 is 28.3 Å². The molecule has 3 nitrogen and oxygen atoms in total. The van der Waals surface area contributed by atoms with Gasteiger partial charge in [-0.05, 0) is 38.0 Å². The Labute approximate surface area is 123 Å². The average molecular weight is 336 g/mol. The summed E-state index contributed by atoms with van der Waals surface area (Å²) >= 11 is 3.40. The summed E-state index contributed by atoms with van der Waals surface area (Å²) in [5.41, 5.74) is 6.78. The fourth-order valence-corrected chi connectivity index (χ4v) is 1.92. The third-order valence-electron chi connectivity index (χ3n) is 2.37. The quantitative estimate of drug-likeness (QED) is 0.869. The lowest BCUT2D eigenvalue weighted by atomic mass is 10.1. The summed E-state index contributed by atoms with van der Waals surface area (Å²) in [5, 5.41) is 2.94. The van der Waals surface area contributed by atoms with Crippen LogP contribution in [0, 0.1) is 0 Å². The molecule has 0 saturated carbocycles. The van der Waals surface area contributed by atoms with Crippen molar-refractivity contribution in [3.63, 3.8) is 0 Å². The highest BCUT2D eigenvalue weighted by Gasteiger charge is 2.09. The molecule has 0 spiro atoms. The first kappa shape index (κ1) is 17.4. The van der Waals surface area contributed by atoms with Crippen LogP contribution in [0.5, 0.6) is 0 Å². The highest BCUT2D eigenvalue weighted by molar-refractivity contribution is 9.10. The van der Waals surface area contributed by atoms with Gasteiger partial charge in [-0.2, -0.15) is 0 Å². The molecule has 2 atom stereocenters. The Morgan fingerprint density at radius 2 is 1.89 bits per heavy atom. The van der Waals surface area contributed by atoms with Crippen molar-refractivity contribution < 1.29 is 4.79 Å². The third-order valence-corrected chi connectivity index (χ3v) is 2.90. The van der Waals surface area contributed by atoms with Crippen molar-refractivity contribution in [2.24, 2.45) is 5.73 Å². The molecular weight excluding hydrogens is 316 g/mol. The fraction of sp³-hybridized carbons (Fsp3) is 0.462. The molecule has 0 bridgehead atoms. The summed E-state index contributed by atoms with van der Waals surface area (Å²) in [5.74, 6) is 0.0182. The summed E-state index contributed by atoms with van der Waals surface area (Å²) in [6, 6.07) is 8.16. The Morgan fingerprint density at radius 3 is 2.39 bits per heavy atom. The number of hydrogen-bond donors (Lipinski definition) is 2. The molecule has 0 aliphatic carbocycles. The monoisotopic (exact) mass is 334 g/mol. The lowest BCUT2D eigenvalue weighted by Crippen LogP contribution is -2.37. The highest BCUT2D eigenvalue weighted by atomic mass is 79.9. The Hall–Kier alpha value is -0.580. The minimum absolute atomic E-state index is 0. The largest absolute Gasteiger partial charge is 0.353 e. The first-order chi connectivity index (χ1) is 7.97. The average Bonchev–Trinajstić information content (AvgIpc) is 2.19. The predicted octanol–water partition coefficient (Wildman–Crippen LogP) is 2.66. The molecule has 0 aliphatic heterocycles. The number of amides is 1. The first-order valence-electron chi connectivity index (χ1n) is 5.76. The molecule has 0 aliphatic rings. The van der Waals surface area contributed by atoms with E-state index in [0.717, 1.165) is 10.9 Å². The molecule has 0 radical (unpaired) electrons. The zero-order valence-electron chi connectivity index (χ0n) is 10.7. The van der Waals surface area contributed by atoms with E-state index in [2.05, 4.69) is 33.4 Å². The van der Waals surface area contributed by atoms with Crippen LogP contribution in [0.25, 0.3) is 0 Å². The van der Waals surface area contributed by atoms with Crippen molar-refractivity contribution in [3.05, 3.63) is 34.3 Å². The summed E-state index contributed by atoms with van der Waals surface area (Å²) in [6.07, 6.45) is 1.21. The van der Waals surface area contributed by atoms with Crippen molar-refractivity contribution in [2.45, 2.75) is 38.8 Å². The number of carbonyl (C=O) groups excluding carboxylic acids is 1. The van der Waals surface area contributed by atoms with E-state index in [0.29, 0.717) is 6.42 Å². The number of hydrogen-bond acceptors (Lipinski definition) is 2. The third kappa shape index (κ3) is 6.99. The first-order valence-corrected chi connectivity index (χ1v) is 6.56. The second-order valence-electron chi connectivity index (χ2n) is 4.48. The summed E-state index contributed by atoms with van der Waals surface area (Å²) in [6.45, 7) is 3.83. The Morgan fingerprint density at radius 1 is 1.33 bits per heavy atom. The Kier molecular flexibility index (Phi) is 8.24. The normalized spacial score (nSPS) is 13.3. The van der Waals surface area contributed by atoms with Gasteiger partial charge in [0.2, 0.25) is 5.91 Å². The van der Waals surface area contributed by atoms with Crippen molar-refractivity contribution >= 4 is 34.2 Å². The maximum Gasteiger partial charge on any atom is 0.221 e. The van der Waals surface area contributed by atoms with E-state index in [1.165, 1.54) is 5.56 Å². The summed E-state index contributed by atoms with van der Waals surface area (Å²) in [7, 11) is 0. The van der Waals surface area contributed by atoms with E-state index < -0.39 is 0 Å². The number of carbonyl (C=O) groups is 1. The van der Waals surface area contributed by atoms with E-state index in [4.69, 9.17) is 5.73 Å². The predicted molar refractivity (Wildman–Crippen MR) is 81.0 cm³/mol. The molecule has 3 N–H and O–H groups in total. The molecule has 5 heteroatoms. The maximum atomic E-state index is 11.5. The van der Waals surface area contributed by atoms with Crippen LogP contribution in [0.3, 0.4) is 0 Å². The Balaban J connectivity index is 0.00000289. The second kappa shape index (κ2) is 8.51. The molecule has 2 unspecified atom stereocenters. The van der Waals surface area contributed by atoms with Gasteiger partial charge in [-0.3, -0.25) is 4.79 Å². The summed E-state index contributed by atoms with van der Waals surface area (Å²) in [4.78, 5) is 11.5. The van der Waals surface area contributed by atoms with Crippen molar-refractivity contribution in [1.82, 2.24) is 5.32 Å². The van der Waals surface area contributed by atoms with Crippen molar-refractivity contribution in [3.8, 4) is 0 Å². The molecule has 1 aromatic rings. The zero-order chi connectivity index (χ0) is 12.8. The standard InChI is InChI=1S/C13H19BrN2O.ClH/c1-9(15)7-13(17)16-10(2)8-11-3-5-12(14)6-4-11;/h3-6,9-10H,7-8,15H2,1-2H3,(H,16,17);1H. The number of halogens is 2. The van der Waals surface area contributed by atoms with Gasteiger partial charge < -0.3 is 11.1 Å². The summed E-state index contributed by atoms with van der Waals surface area (Å²) < 4.78 is 1.06. The van der Waals surface area contributed by atoms with Gasteiger partial charge >= 0.3 is 0 Å². The van der Waals surface area contributed by atoms with Crippen LogP contribution < -0.4 is 11.1 Å². The maximum absolute atomic E-state index is 11.5. The second-order valence-corrected chi connectivity index (χ2v) is 5.40. The molecule has 102 valence electrons. The van der Waals surface area contributed by atoms with E-state index in [9.17, 15) is 4.79 Å². The van der Waals surface area contributed by atoms with Crippen LogP contribution in [-0.4, -0.2) is 18.0 Å². The molecule has 18 heavy (non-hydrogen) atoms. The number of nitrogens with two attached hydrogens (primary N) is 1. The van der Waals surface area contributed by atoms with E-state index in [1.54, 1.807) is 0 Å². The zero-order valence-corrected chi connectivity index (χ0v) is 13.1. The van der Waals surface area contributed by atoms with Crippen LogP contribution in [0.2, 0.25) is 0 Å². The minimum atomic E-state index is -0.0881. The lowest BCUT2D eigenvalue weighted by molar-refractivity contribution is -0.121. The van der Waals surface area contributed by atoms with Crippen molar-refractivity contribution in [1.29, 1.82) is 0 Å². The van der Waals surface area contributed by atoms with E-state index >= 15 is 0 Å². The molecule has 0 fully saturated rings. The van der Waals surface area contributed by atoms with Gasteiger partial charge in [0.1, 0.15) is 0 Å².